The first kappa shape index (κ1) is 100. The summed E-state index contributed by atoms with van der Waals surface area (Å²) in [6.07, 6.45) is -20.3. The van der Waals surface area contributed by atoms with E-state index in [2.05, 4.69) is 54.5 Å². The minimum Gasteiger partial charge on any atom is -0.394 e. The summed E-state index contributed by atoms with van der Waals surface area (Å²) in [5.74, 6) is 3.45. The summed E-state index contributed by atoms with van der Waals surface area (Å²) in [5, 5.41) is 212. The molecule has 37 atom stereocenters. The quantitative estimate of drug-likeness (QED) is 0.0392. The Hall–Kier alpha value is -1.66. The van der Waals surface area contributed by atoms with Gasteiger partial charge in [-0.1, -0.05) is 65.5 Å². The van der Waals surface area contributed by atoms with Gasteiger partial charge in [0.25, 0.3) is 0 Å². The fourth-order valence-electron chi connectivity index (χ4n) is 17.9. The van der Waals surface area contributed by atoms with Gasteiger partial charge >= 0.3 is 0 Å². The van der Waals surface area contributed by atoms with Crippen LogP contribution in [0.4, 0.5) is 0 Å². The number of allylic oxidation sites excluding steroid dienone is 1. The van der Waals surface area contributed by atoms with Gasteiger partial charge in [-0.05, 0) is 167 Å². The minimum absolute atomic E-state index is 0.0876. The highest BCUT2D eigenvalue weighted by Crippen LogP contribution is 2.67. The van der Waals surface area contributed by atoms with E-state index in [1.165, 1.54) is 70.6 Å². The lowest BCUT2D eigenvalue weighted by Gasteiger charge is -2.58. The van der Waals surface area contributed by atoms with E-state index in [9.17, 15) is 102 Å². The van der Waals surface area contributed by atoms with E-state index in [4.69, 9.17) is 71.8 Å². The van der Waals surface area contributed by atoms with Crippen molar-refractivity contribution in [3.05, 3.63) is 11.6 Å². The van der Waals surface area contributed by atoms with Gasteiger partial charge in [-0.2, -0.15) is 0 Å². The molecule has 6 saturated heterocycles. The van der Waals surface area contributed by atoms with Crippen molar-refractivity contribution >= 4 is 0 Å². The lowest BCUT2D eigenvalue weighted by molar-refractivity contribution is -0.383. The Kier molecular flexibility index (Phi) is 39.8. The Bertz CT molecular complexity index is 2670. The van der Waals surface area contributed by atoms with Crippen molar-refractivity contribution in [1.29, 1.82) is 0 Å². The highest BCUT2D eigenvalue weighted by Gasteiger charge is 2.62. The minimum atomic E-state index is -2.15. The maximum Gasteiger partial charge on any atom is 0.224 e. The first-order chi connectivity index (χ1) is 53.0. The van der Waals surface area contributed by atoms with Crippen LogP contribution < -0.4 is 0 Å². The van der Waals surface area contributed by atoms with Crippen LogP contribution in [0, 0.1) is 46.3 Å². The molecular weight excluding hydrogens is 1500 g/mol. The van der Waals surface area contributed by atoms with Crippen molar-refractivity contribution in [3.8, 4) is 0 Å². The molecule has 0 radical (unpaired) electrons. The molecule has 10 rings (SSSR count). The van der Waals surface area contributed by atoms with Crippen LogP contribution >= 0.6 is 0 Å². The Morgan fingerprint density at radius 1 is 0.416 bits per heavy atom. The average Bonchev–Trinajstić information content (AvgIpc) is 1.65. The van der Waals surface area contributed by atoms with Crippen LogP contribution in [0.3, 0.4) is 0 Å². The predicted molar refractivity (Wildman–Crippen MR) is 398 cm³/mol. The lowest BCUT2D eigenvalue weighted by atomic mass is 9.47. The summed E-state index contributed by atoms with van der Waals surface area (Å²) in [6, 6.07) is 0. The van der Waals surface area contributed by atoms with Gasteiger partial charge in [0.2, 0.25) is 5.79 Å². The predicted octanol–water partition coefficient (Wildman–Crippen LogP) is -2.68. The molecule has 0 spiro atoms. The largest absolute Gasteiger partial charge is 0.394 e. The SMILES string of the molecule is CC(C)CCCC(C)C1CCC2C3CC=C4C[C@@H](OC(C)C)CCC4(C)C3CCC12C.CC(C)OC[C@H]1O[C@@](CO)(O[C@H]2OC(CO)[C@@H](O)C(O)C2O)C(O)C1O.CC(C)O[C@H]1OC(CO)[C@@H](O)[C@H](O)C1O.CC(C)O[C@H]1OC(CO)[C@@H](O[C@@H]2OC(CO)[C@H](O)[C@H](O)C2O)C(O)C1O.CC(C)O[C@H]1OC(CO)[C@H](O)[C@H](O)C1O. The van der Waals surface area contributed by atoms with Crippen LogP contribution in [0.5, 0.6) is 0 Å². The highest BCUT2D eigenvalue weighted by atomic mass is 16.8. The van der Waals surface area contributed by atoms with E-state index in [-0.39, 0.29) is 31.0 Å². The molecule has 0 bridgehead atoms. The standard InChI is InChI=1S/C30H52O.2C15H28O11.2C9H18O6/c1-20(2)9-8-10-22(5)26-13-14-27-25-12-11-23-19-24(31-21(3)4)15-17-29(23,6)28(25)16-18-30(26,27)7;1-6(2)23-4-8-10(19)13(22)15(5-17,25-8)26-14-12(21)11(20)9(18)7(3-16)24-14;1-5(2)23-14-12(22)10(20)13(7(4-17)25-14)26-15-11(21)9(19)8(18)6(3-16)24-15;2*1-4(2)14-9-8(13)7(12)6(11)5(3-10)15-9/h11,20-22,24-28H,8-10,12-19H2,1-7H3;6-14,16-22H,3-5H2,1-2H3;5-22H,3-4H2,1-2H3;2*4-13H,3H2,1-2H3/t22?,24-,25?,26?,27?,28?,29?,30?;7?,8-,9-,10?,11?,12?,13?,14-,15+;6?,7?,8-,9-,10?,11?,12?,13+,14-,15-;5?,6-,7+,8?,9+;5?,6-,7-,8?,9-/m01010/s1. The van der Waals surface area contributed by atoms with E-state index in [1.807, 2.05) is 0 Å². The maximum absolute atomic E-state index is 10.3. The second-order valence-corrected chi connectivity index (χ2v) is 34.6. The molecule has 35 nitrogen and oxygen atoms in total. The van der Waals surface area contributed by atoms with Gasteiger partial charge in [-0.25, -0.2) is 0 Å². The van der Waals surface area contributed by atoms with Crippen LogP contribution in [-0.4, -0.2) is 373 Å². The number of ether oxygens (including phenoxy) is 13. The number of hydrogen-bond acceptors (Lipinski definition) is 35. The summed E-state index contributed by atoms with van der Waals surface area (Å²) in [6.45, 7) is 27.3. The van der Waals surface area contributed by atoms with Gasteiger partial charge in [-0.15, -0.1) is 0 Å². The molecule has 4 aliphatic carbocycles. The number of fused-ring (bicyclic) bond motifs is 5. The van der Waals surface area contributed by atoms with Crippen LogP contribution in [0.2, 0.25) is 0 Å². The zero-order chi connectivity index (χ0) is 84.8. The molecule has 113 heavy (non-hydrogen) atoms. The second-order valence-electron chi connectivity index (χ2n) is 34.6. The molecular formula is C78H144O35. The topological polar surface area (TPSA) is 565 Å². The van der Waals surface area contributed by atoms with Crippen LogP contribution in [0.25, 0.3) is 0 Å². The molecule has 0 amide bonds. The van der Waals surface area contributed by atoms with Crippen LogP contribution in [0.1, 0.15) is 174 Å². The van der Waals surface area contributed by atoms with Gasteiger partial charge in [-0.3, -0.25) is 0 Å². The van der Waals surface area contributed by atoms with Gasteiger partial charge < -0.3 is 174 Å². The molecule has 6 heterocycles. The van der Waals surface area contributed by atoms with E-state index in [1.54, 1.807) is 61.0 Å². The number of aliphatic hydroxyl groups excluding tert-OH is 22. The van der Waals surface area contributed by atoms with E-state index in [0.717, 1.165) is 35.5 Å². The Morgan fingerprint density at radius 2 is 0.841 bits per heavy atom. The van der Waals surface area contributed by atoms with Crippen molar-refractivity contribution in [2.45, 2.75) is 389 Å². The van der Waals surface area contributed by atoms with E-state index >= 15 is 0 Å². The molecule has 22 N–H and O–H groups in total. The van der Waals surface area contributed by atoms with Crippen molar-refractivity contribution in [1.82, 2.24) is 0 Å². The van der Waals surface area contributed by atoms with Crippen LogP contribution in [0.15, 0.2) is 11.6 Å². The molecule has 6 aliphatic heterocycles. The zero-order valence-electron chi connectivity index (χ0n) is 68.5. The number of aliphatic hydroxyl groups is 22. The summed E-state index contributed by atoms with van der Waals surface area (Å²) in [5.41, 5.74) is 2.84. The van der Waals surface area contributed by atoms with E-state index in [0.29, 0.717) is 23.0 Å². The van der Waals surface area contributed by atoms with Gasteiger partial charge in [0.15, 0.2) is 31.5 Å². The Labute approximate surface area is 664 Å². The molecule has 666 valence electrons. The molecule has 0 aromatic carbocycles. The summed E-state index contributed by atoms with van der Waals surface area (Å²) < 4.78 is 69.6. The van der Waals surface area contributed by atoms with Crippen molar-refractivity contribution in [2.75, 3.05) is 46.2 Å². The monoisotopic (exact) mass is 1640 g/mol. The highest BCUT2D eigenvalue weighted by molar-refractivity contribution is 5.26. The zero-order valence-corrected chi connectivity index (χ0v) is 68.5. The van der Waals surface area contributed by atoms with Crippen molar-refractivity contribution in [3.63, 3.8) is 0 Å². The summed E-state index contributed by atoms with van der Waals surface area (Å²) >= 11 is 0. The van der Waals surface area contributed by atoms with Crippen molar-refractivity contribution in [2.24, 2.45) is 46.3 Å². The molecule has 0 aromatic heterocycles. The lowest BCUT2D eigenvalue weighted by Crippen LogP contribution is -2.64. The third kappa shape index (κ3) is 24.8. The third-order valence-electron chi connectivity index (χ3n) is 24.1. The number of hydrogen-bond donors (Lipinski definition) is 22. The van der Waals surface area contributed by atoms with Gasteiger partial charge in [0.05, 0.1) is 76.3 Å². The summed E-state index contributed by atoms with van der Waals surface area (Å²) in [7, 11) is 0. The molecule has 35 heteroatoms. The smallest absolute Gasteiger partial charge is 0.224 e. The maximum atomic E-state index is 10.3. The van der Waals surface area contributed by atoms with Gasteiger partial charge in [0, 0.05) is 0 Å². The number of rotatable bonds is 26. The van der Waals surface area contributed by atoms with Gasteiger partial charge in [0.1, 0.15) is 147 Å². The average molecular weight is 1640 g/mol. The van der Waals surface area contributed by atoms with E-state index < -0.39 is 217 Å². The second kappa shape index (κ2) is 44.9. The molecule has 3 saturated carbocycles. The first-order valence-corrected chi connectivity index (χ1v) is 40.7. The molecule has 10 aliphatic rings. The molecule has 0 aromatic rings. The normalized spacial score (nSPS) is 44.8. The van der Waals surface area contributed by atoms with Crippen molar-refractivity contribution < 1.29 is 174 Å². The fourth-order valence-corrected chi connectivity index (χ4v) is 17.9. The Balaban J connectivity index is 0.000000226. The third-order valence-corrected chi connectivity index (χ3v) is 24.1. The van der Waals surface area contributed by atoms with Crippen LogP contribution in [-0.2, 0) is 61.6 Å². The first-order valence-electron chi connectivity index (χ1n) is 40.7. The fraction of sp³-hybridized carbons (Fsp3) is 0.974. The molecule has 9 fully saturated rings. The summed E-state index contributed by atoms with van der Waals surface area (Å²) in [4.78, 5) is 0. The molecule has 21 unspecified atom stereocenters. The Morgan fingerprint density at radius 3 is 1.27 bits per heavy atom.